The van der Waals surface area contributed by atoms with Gasteiger partial charge in [0.05, 0.1) is 6.54 Å². The second-order valence-corrected chi connectivity index (χ2v) is 6.25. The molecule has 0 aliphatic carbocycles. The highest BCUT2D eigenvalue weighted by Crippen LogP contribution is 2.18. The molecule has 0 amide bonds. The van der Waals surface area contributed by atoms with Crippen molar-refractivity contribution in [2.24, 2.45) is 0 Å². The Bertz CT molecular complexity index is 868. The van der Waals surface area contributed by atoms with Gasteiger partial charge in [-0.2, -0.15) is 5.10 Å². The third-order valence-corrected chi connectivity index (χ3v) is 4.27. The molecule has 0 atom stereocenters. The van der Waals surface area contributed by atoms with E-state index in [9.17, 15) is 4.79 Å². The molecule has 0 saturated carbocycles. The first-order valence-corrected chi connectivity index (χ1v) is 8.75. The molecule has 1 heterocycles. The van der Waals surface area contributed by atoms with Gasteiger partial charge in [-0.1, -0.05) is 48.5 Å². The number of aromatic nitrogens is 2. The normalized spacial score (nSPS) is 11.1. The number of benzene rings is 2. The van der Waals surface area contributed by atoms with E-state index in [4.69, 9.17) is 5.11 Å². The van der Waals surface area contributed by atoms with Gasteiger partial charge in [0.15, 0.2) is 0 Å². The van der Waals surface area contributed by atoms with Gasteiger partial charge in [-0.15, -0.1) is 0 Å². The lowest BCUT2D eigenvalue weighted by atomic mass is 9.97. The van der Waals surface area contributed by atoms with Crippen LogP contribution in [0.3, 0.4) is 0 Å². The molecule has 0 fully saturated rings. The maximum absolute atomic E-state index is 10.9. The highest BCUT2D eigenvalue weighted by atomic mass is 16.4. The number of carboxylic acid groups (broad SMARTS) is 1. The quantitative estimate of drug-likeness (QED) is 0.622. The first-order chi connectivity index (χ1) is 12.7. The number of nitrogens with zero attached hydrogens (tertiary/aromatic N) is 2. The van der Waals surface area contributed by atoms with E-state index in [1.165, 1.54) is 17.2 Å². The minimum absolute atomic E-state index is 0.710. The molecular formula is C22H22N2O2. The summed E-state index contributed by atoms with van der Waals surface area (Å²) in [6, 6.07) is 18.5. The molecule has 3 aromatic rings. The minimum Gasteiger partial charge on any atom is -0.478 e. The van der Waals surface area contributed by atoms with Crippen molar-refractivity contribution in [1.82, 2.24) is 9.78 Å². The van der Waals surface area contributed by atoms with Crippen molar-refractivity contribution < 1.29 is 9.90 Å². The molecule has 2 aromatic carbocycles. The molecular weight excluding hydrogens is 324 g/mol. The molecule has 1 N–H and O–H groups in total. The summed E-state index contributed by atoms with van der Waals surface area (Å²) in [5.41, 5.74) is 4.62. The van der Waals surface area contributed by atoms with Crippen LogP contribution in [0.5, 0.6) is 0 Å². The Hall–Kier alpha value is -3.14. The van der Waals surface area contributed by atoms with Crippen molar-refractivity contribution in [2.45, 2.75) is 25.8 Å². The van der Waals surface area contributed by atoms with Gasteiger partial charge in [-0.05, 0) is 53.7 Å². The molecule has 0 aliphatic rings. The summed E-state index contributed by atoms with van der Waals surface area (Å²) in [4.78, 5) is 10.9. The van der Waals surface area contributed by atoms with Crippen LogP contribution in [0.2, 0.25) is 0 Å². The lowest BCUT2D eigenvalue weighted by molar-refractivity contribution is -0.131. The molecule has 1 aromatic heterocycles. The zero-order valence-corrected chi connectivity index (χ0v) is 14.6. The van der Waals surface area contributed by atoms with E-state index in [1.807, 2.05) is 35.1 Å². The first kappa shape index (κ1) is 17.7. The second-order valence-electron chi connectivity index (χ2n) is 6.25. The van der Waals surface area contributed by atoms with Crippen molar-refractivity contribution in [1.29, 1.82) is 0 Å². The van der Waals surface area contributed by atoms with Crippen LogP contribution in [0, 0.1) is 0 Å². The molecule has 3 rings (SSSR count). The monoisotopic (exact) mass is 346 g/mol. The molecule has 4 nitrogen and oxygen atoms in total. The Labute approximate surface area is 153 Å². The van der Waals surface area contributed by atoms with Crippen LogP contribution in [0.4, 0.5) is 0 Å². The number of hydrogen-bond acceptors (Lipinski definition) is 2. The number of aliphatic carboxylic acids is 1. The van der Waals surface area contributed by atoms with Crippen LogP contribution in [-0.4, -0.2) is 20.9 Å². The van der Waals surface area contributed by atoms with Gasteiger partial charge in [-0.25, -0.2) is 4.79 Å². The number of rotatable bonds is 8. The topological polar surface area (TPSA) is 55.1 Å². The zero-order valence-electron chi connectivity index (χ0n) is 14.6. The van der Waals surface area contributed by atoms with E-state index in [-0.39, 0.29) is 0 Å². The molecule has 132 valence electrons. The second kappa shape index (κ2) is 8.81. The average molecular weight is 346 g/mol. The highest BCUT2D eigenvalue weighted by molar-refractivity contribution is 5.85. The van der Waals surface area contributed by atoms with E-state index in [2.05, 4.69) is 35.4 Å². The van der Waals surface area contributed by atoms with Crippen LogP contribution in [-0.2, 0) is 24.2 Å². The van der Waals surface area contributed by atoms with Gasteiger partial charge < -0.3 is 5.11 Å². The SMILES string of the molecule is O=C(O)/C=C/c1ccc(Cn2cccn2)cc1CCCc1ccccc1. The van der Waals surface area contributed by atoms with E-state index < -0.39 is 5.97 Å². The standard InChI is InChI=1S/C22H22N2O2/c25-22(26)13-12-20-11-10-19(17-24-15-5-14-23-24)16-21(20)9-4-8-18-6-2-1-3-7-18/h1-3,5-7,10-16H,4,8-9,17H2,(H,25,26)/b13-12+. The maximum Gasteiger partial charge on any atom is 0.328 e. The smallest absolute Gasteiger partial charge is 0.328 e. The third-order valence-electron chi connectivity index (χ3n) is 4.27. The molecule has 0 radical (unpaired) electrons. The average Bonchev–Trinajstić information content (AvgIpc) is 3.15. The largest absolute Gasteiger partial charge is 0.478 e. The van der Waals surface area contributed by atoms with Crippen LogP contribution >= 0.6 is 0 Å². The van der Waals surface area contributed by atoms with Gasteiger partial charge in [0.1, 0.15) is 0 Å². The number of carbonyl (C=O) groups is 1. The van der Waals surface area contributed by atoms with Crippen LogP contribution < -0.4 is 0 Å². The Morgan fingerprint density at radius 1 is 1.04 bits per heavy atom. The Morgan fingerprint density at radius 2 is 1.88 bits per heavy atom. The van der Waals surface area contributed by atoms with E-state index in [1.54, 1.807) is 12.3 Å². The summed E-state index contributed by atoms with van der Waals surface area (Å²) in [6.07, 6.45) is 9.51. The fraction of sp³-hybridized carbons (Fsp3) is 0.182. The molecule has 4 heteroatoms. The van der Waals surface area contributed by atoms with Crippen LogP contribution in [0.15, 0.2) is 73.1 Å². The minimum atomic E-state index is -0.930. The van der Waals surface area contributed by atoms with E-state index in [0.717, 1.165) is 30.4 Å². The van der Waals surface area contributed by atoms with Crippen molar-refractivity contribution >= 4 is 12.0 Å². The van der Waals surface area contributed by atoms with Crippen molar-refractivity contribution in [3.63, 3.8) is 0 Å². The summed E-state index contributed by atoms with van der Waals surface area (Å²) in [7, 11) is 0. The van der Waals surface area contributed by atoms with Gasteiger partial charge >= 0.3 is 5.97 Å². The molecule has 26 heavy (non-hydrogen) atoms. The maximum atomic E-state index is 10.9. The number of carboxylic acids is 1. The van der Waals surface area contributed by atoms with E-state index in [0.29, 0.717) is 6.54 Å². The first-order valence-electron chi connectivity index (χ1n) is 8.75. The van der Waals surface area contributed by atoms with Crippen LogP contribution in [0.1, 0.15) is 28.7 Å². The summed E-state index contributed by atoms with van der Waals surface area (Å²) in [6.45, 7) is 0.710. The lowest BCUT2D eigenvalue weighted by Gasteiger charge is -2.10. The van der Waals surface area contributed by atoms with Gasteiger partial charge in [-0.3, -0.25) is 4.68 Å². The van der Waals surface area contributed by atoms with Gasteiger partial charge in [0, 0.05) is 18.5 Å². The third kappa shape index (κ3) is 5.18. The molecule has 0 spiro atoms. The Morgan fingerprint density at radius 3 is 2.62 bits per heavy atom. The Kier molecular flexibility index (Phi) is 5.99. The summed E-state index contributed by atoms with van der Waals surface area (Å²) < 4.78 is 1.88. The zero-order chi connectivity index (χ0) is 18.2. The fourth-order valence-corrected chi connectivity index (χ4v) is 3.01. The number of hydrogen-bond donors (Lipinski definition) is 1. The lowest BCUT2D eigenvalue weighted by Crippen LogP contribution is -2.02. The van der Waals surface area contributed by atoms with Gasteiger partial charge in [0.2, 0.25) is 0 Å². The molecule has 0 unspecified atom stereocenters. The number of aryl methyl sites for hydroxylation is 2. The molecule has 0 aliphatic heterocycles. The van der Waals surface area contributed by atoms with Gasteiger partial charge in [0.25, 0.3) is 0 Å². The van der Waals surface area contributed by atoms with Crippen molar-refractivity contribution in [3.05, 3.63) is 95.3 Å². The van der Waals surface area contributed by atoms with E-state index >= 15 is 0 Å². The summed E-state index contributed by atoms with van der Waals surface area (Å²) in [5, 5.41) is 13.2. The Balaban J connectivity index is 1.74. The summed E-state index contributed by atoms with van der Waals surface area (Å²) >= 11 is 0. The predicted octanol–water partition coefficient (Wildman–Crippen LogP) is 4.20. The highest BCUT2D eigenvalue weighted by Gasteiger charge is 2.05. The molecule has 0 saturated heterocycles. The predicted molar refractivity (Wildman–Crippen MR) is 103 cm³/mol. The van der Waals surface area contributed by atoms with Crippen molar-refractivity contribution in [3.8, 4) is 0 Å². The van der Waals surface area contributed by atoms with Crippen LogP contribution in [0.25, 0.3) is 6.08 Å². The van der Waals surface area contributed by atoms with Crippen molar-refractivity contribution in [2.75, 3.05) is 0 Å². The fourth-order valence-electron chi connectivity index (χ4n) is 3.01. The molecule has 0 bridgehead atoms. The summed E-state index contributed by atoms with van der Waals surface area (Å²) in [5.74, 6) is -0.930.